The van der Waals surface area contributed by atoms with Gasteiger partial charge in [-0.05, 0) is 6.42 Å². The number of hydrogen-bond acceptors (Lipinski definition) is 14. The first-order valence-electron chi connectivity index (χ1n) is 10.2. The predicted molar refractivity (Wildman–Crippen MR) is 102 cm³/mol. The number of ether oxygens (including phenoxy) is 4. The summed E-state index contributed by atoms with van der Waals surface area (Å²) in [7, 11) is 0. The maximum absolute atomic E-state index is 10.6. The fourth-order valence-corrected chi connectivity index (χ4v) is 4.16. The number of rotatable bonds is 6. The van der Waals surface area contributed by atoms with Crippen molar-refractivity contribution in [2.75, 3.05) is 13.2 Å². The third kappa shape index (κ3) is 4.87. The molecule has 0 aromatic carbocycles. The van der Waals surface area contributed by atoms with Crippen molar-refractivity contribution in [1.29, 1.82) is 0 Å². The number of hydrogen-bond donors (Lipinski definition) is 10. The predicted octanol–water partition coefficient (Wildman–Crippen LogP) is -6.65. The topological polar surface area (TPSA) is 262 Å². The van der Waals surface area contributed by atoms with E-state index in [9.17, 15) is 30.6 Å². The van der Waals surface area contributed by atoms with Gasteiger partial charge in [0.1, 0.15) is 48.8 Å². The van der Waals surface area contributed by atoms with Crippen molar-refractivity contribution in [3.05, 3.63) is 0 Å². The van der Waals surface area contributed by atoms with E-state index in [2.05, 4.69) is 0 Å². The lowest BCUT2D eigenvalue weighted by Crippen LogP contribution is -2.68. The molecule has 14 N–H and O–H groups in total. The van der Waals surface area contributed by atoms with Gasteiger partial charge in [0.25, 0.3) is 0 Å². The van der Waals surface area contributed by atoms with E-state index in [4.69, 9.17) is 41.9 Å². The molecule has 0 aromatic rings. The number of aliphatic hydroxyl groups is 6. The molecule has 14 heteroatoms. The molecule has 0 radical (unpaired) electrons. The summed E-state index contributed by atoms with van der Waals surface area (Å²) in [6.45, 7) is -0.673. The summed E-state index contributed by atoms with van der Waals surface area (Å²) in [5.74, 6) is 0. The van der Waals surface area contributed by atoms with Crippen LogP contribution in [0.2, 0.25) is 0 Å². The lowest BCUT2D eigenvalue weighted by molar-refractivity contribution is -0.306. The third-order valence-corrected chi connectivity index (χ3v) is 6.13. The van der Waals surface area contributed by atoms with Crippen LogP contribution in [0.5, 0.6) is 0 Å². The fourth-order valence-electron chi connectivity index (χ4n) is 4.16. The van der Waals surface area contributed by atoms with E-state index in [-0.39, 0.29) is 13.0 Å². The lowest BCUT2D eigenvalue weighted by Gasteiger charge is -2.47. The van der Waals surface area contributed by atoms with E-state index in [1.54, 1.807) is 0 Å². The zero-order valence-electron chi connectivity index (χ0n) is 16.8. The minimum atomic E-state index is -1.51. The summed E-state index contributed by atoms with van der Waals surface area (Å²) >= 11 is 0. The monoisotopic (exact) mass is 454 g/mol. The van der Waals surface area contributed by atoms with Gasteiger partial charge in [-0.15, -0.1) is 0 Å². The molecule has 2 saturated heterocycles. The van der Waals surface area contributed by atoms with Crippen LogP contribution in [0.3, 0.4) is 0 Å². The Hall–Kier alpha value is -0.560. The minimum absolute atomic E-state index is 0.114. The van der Waals surface area contributed by atoms with Gasteiger partial charge in [-0.3, -0.25) is 0 Å². The summed E-state index contributed by atoms with van der Waals surface area (Å²) in [6.07, 6.45) is -13.8. The fraction of sp³-hybridized carbons (Fsp3) is 1.00. The highest BCUT2D eigenvalue weighted by Gasteiger charge is 2.52. The molecule has 0 spiro atoms. The average Bonchev–Trinajstić information content (AvgIpc) is 3.02. The molecule has 31 heavy (non-hydrogen) atoms. The van der Waals surface area contributed by atoms with E-state index >= 15 is 0 Å². The second-order valence-corrected chi connectivity index (χ2v) is 8.30. The number of nitrogens with two attached hydrogens (primary N) is 4. The van der Waals surface area contributed by atoms with Crippen LogP contribution in [0.1, 0.15) is 6.42 Å². The first-order chi connectivity index (χ1) is 14.6. The second kappa shape index (κ2) is 10.1. The van der Waals surface area contributed by atoms with Gasteiger partial charge < -0.3 is 72.5 Å². The van der Waals surface area contributed by atoms with E-state index in [0.29, 0.717) is 0 Å². The van der Waals surface area contributed by atoms with Crippen molar-refractivity contribution in [2.24, 2.45) is 22.9 Å². The van der Waals surface area contributed by atoms with Crippen molar-refractivity contribution < 1.29 is 49.6 Å². The number of aliphatic hydroxyl groups excluding tert-OH is 6. The lowest BCUT2D eigenvalue weighted by atomic mass is 9.84. The van der Waals surface area contributed by atoms with E-state index in [1.807, 2.05) is 0 Å². The van der Waals surface area contributed by atoms with E-state index in [0.717, 1.165) is 0 Å². The van der Waals surface area contributed by atoms with Gasteiger partial charge >= 0.3 is 0 Å². The summed E-state index contributed by atoms with van der Waals surface area (Å²) in [4.78, 5) is 0. The van der Waals surface area contributed by atoms with Crippen molar-refractivity contribution >= 4 is 0 Å². The van der Waals surface area contributed by atoms with Crippen molar-refractivity contribution in [1.82, 2.24) is 0 Å². The molecular weight excluding hydrogens is 420 g/mol. The third-order valence-electron chi connectivity index (χ3n) is 6.13. The van der Waals surface area contributed by atoms with Crippen molar-refractivity contribution in [2.45, 2.75) is 92.1 Å². The largest absolute Gasteiger partial charge is 0.394 e. The summed E-state index contributed by atoms with van der Waals surface area (Å²) in [5.41, 5.74) is 23.6. The highest BCUT2D eigenvalue weighted by Crippen LogP contribution is 2.31. The van der Waals surface area contributed by atoms with Crippen molar-refractivity contribution in [3.8, 4) is 0 Å². The van der Waals surface area contributed by atoms with Crippen LogP contribution in [0.4, 0.5) is 0 Å². The molecule has 2 aliphatic heterocycles. The van der Waals surface area contributed by atoms with Gasteiger partial charge in [0, 0.05) is 18.6 Å². The Kier molecular flexibility index (Phi) is 8.21. The Bertz CT molecular complexity index is 591. The highest BCUT2D eigenvalue weighted by molar-refractivity contribution is 5.01. The Morgan fingerprint density at radius 1 is 0.710 bits per heavy atom. The van der Waals surface area contributed by atoms with Gasteiger partial charge in [-0.1, -0.05) is 0 Å². The van der Waals surface area contributed by atoms with Crippen LogP contribution in [0.15, 0.2) is 0 Å². The molecule has 14 atom stereocenters. The molecule has 2 heterocycles. The van der Waals surface area contributed by atoms with Gasteiger partial charge in [-0.25, -0.2) is 0 Å². The Labute approximate surface area is 178 Å². The molecule has 3 fully saturated rings. The van der Waals surface area contributed by atoms with Gasteiger partial charge in [0.05, 0.1) is 18.8 Å². The molecular formula is C17H34N4O10. The minimum Gasteiger partial charge on any atom is -0.394 e. The van der Waals surface area contributed by atoms with Crippen LogP contribution >= 0.6 is 0 Å². The highest BCUT2D eigenvalue weighted by atomic mass is 16.7. The summed E-state index contributed by atoms with van der Waals surface area (Å²) in [6, 6.07) is -2.72. The Morgan fingerprint density at radius 2 is 1.29 bits per heavy atom. The molecule has 0 unspecified atom stereocenters. The molecule has 3 aliphatic rings. The molecule has 3 rings (SSSR count). The van der Waals surface area contributed by atoms with Crippen LogP contribution in [0, 0.1) is 0 Å². The van der Waals surface area contributed by atoms with Gasteiger partial charge in [-0.2, -0.15) is 0 Å². The van der Waals surface area contributed by atoms with Gasteiger partial charge in [0.15, 0.2) is 12.6 Å². The molecule has 0 aromatic heterocycles. The average molecular weight is 454 g/mol. The molecule has 0 amide bonds. The molecule has 182 valence electrons. The first-order valence-corrected chi connectivity index (χ1v) is 10.2. The quantitative estimate of drug-likeness (QED) is 0.179. The van der Waals surface area contributed by atoms with Crippen LogP contribution in [0.25, 0.3) is 0 Å². The standard InChI is InChI=1S/C17H34N4O10/c18-2-6-10(24)12(26)8(21)16(28-6)30-14-5(20)1-4(19)9(23)15(14)31-17-13(27)11(25)7(3-22)29-17/h4-17,22-27H,1-3,18-21H2/t4-,5+,6-,7-,8-,9+,10-,11+,12-,13-,14-,15+,16-,17+/m1/s1. The van der Waals surface area contributed by atoms with Crippen LogP contribution in [-0.4, -0.2) is 129 Å². The van der Waals surface area contributed by atoms with E-state index < -0.39 is 92.2 Å². The maximum atomic E-state index is 10.6. The Morgan fingerprint density at radius 3 is 1.87 bits per heavy atom. The first kappa shape index (κ1) is 25.1. The smallest absolute Gasteiger partial charge is 0.187 e. The molecule has 1 aliphatic carbocycles. The SMILES string of the molecule is NC[C@H]1O[C@H](O[C@H]2[C@@H](O[C@@H]3O[C@H](CO)[C@H](O)[C@H]3O)[C@@H](O)[C@H](N)C[C@@H]2N)[C@H](N)[C@@H](O)[C@@H]1O. The zero-order chi connectivity index (χ0) is 23.0. The van der Waals surface area contributed by atoms with Crippen LogP contribution < -0.4 is 22.9 Å². The van der Waals surface area contributed by atoms with Crippen molar-refractivity contribution in [3.63, 3.8) is 0 Å². The second-order valence-electron chi connectivity index (χ2n) is 8.30. The van der Waals surface area contributed by atoms with E-state index in [1.165, 1.54) is 0 Å². The Balaban J connectivity index is 1.78. The molecule has 1 saturated carbocycles. The molecule has 14 nitrogen and oxygen atoms in total. The van der Waals surface area contributed by atoms with Crippen LogP contribution in [-0.2, 0) is 18.9 Å². The maximum Gasteiger partial charge on any atom is 0.187 e. The zero-order valence-corrected chi connectivity index (χ0v) is 16.8. The summed E-state index contributed by atoms with van der Waals surface area (Å²) in [5, 5.41) is 60.2. The summed E-state index contributed by atoms with van der Waals surface area (Å²) < 4.78 is 22.5. The molecule has 0 bridgehead atoms. The normalized spacial score (nSPS) is 53.6. The van der Waals surface area contributed by atoms with Gasteiger partial charge in [0.2, 0.25) is 0 Å².